The number of benzene rings is 1. The molecule has 19 heavy (non-hydrogen) atoms. The van der Waals surface area contributed by atoms with Gasteiger partial charge in [-0.1, -0.05) is 44.2 Å². The van der Waals surface area contributed by atoms with Gasteiger partial charge in [-0.05, 0) is 43.7 Å². The lowest BCUT2D eigenvalue weighted by molar-refractivity contribution is -0.0847. The highest BCUT2D eigenvalue weighted by Gasteiger charge is 2.34. The highest BCUT2D eigenvalue weighted by molar-refractivity contribution is 5.13. The Morgan fingerprint density at radius 3 is 2.53 bits per heavy atom. The summed E-state index contributed by atoms with van der Waals surface area (Å²) in [7, 11) is 0. The fraction of sp³-hybridized carbons (Fsp3) is 0.647. The molecule has 1 aliphatic carbocycles. The van der Waals surface area contributed by atoms with E-state index in [2.05, 4.69) is 49.5 Å². The predicted molar refractivity (Wildman–Crippen MR) is 80.1 cm³/mol. The van der Waals surface area contributed by atoms with Crippen LogP contribution in [0, 0.1) is 5.92 Å². The third kappa shape index (κ3) is 4.32. The standard InChI is InChI=1S/C17H27NO/c1-3-18-14-17(11-9-15(2)10-12-17)19-13-16-7-5-4-6-8-16/h4-8,15,18H,3,9-14H2,1-2H3. The molecule has 1 fully saturated rings. The molecular weight excluding hydrogens is 234 g/mol. The van der Waals surface area contributed by atoms with Crippen molar-refractivity contribution in [1.82, 2.24) is 5.32 Å². The Kier molecular flexibility index (Phi) is 5.41. The summed E-state index contributed by atoms with van der Waals surface area (Å²) in [6.45, 7) is 7.26. The molecular formula is C17H27NO. The van der Waals surface area contributed by atoms with Crippen molar-refractivity contribution < 1.29 is 4.74 Å². The van der Waals surface area contributed by atoms with Crippen molar-refractivity contribution in [2.24, 2.45) is 5.92 Å². The van der Waals surface area contributed by atoms with Crippen LogP contribution in [-0.2, 0) is 11.3 Å². The topological polar surface area (TPSA) is 21.3 Å². The monoisotopic (exact) mass is 261 g/mol. The van der Waals surface area contributed by atoms with Gasteiger partial charge in [0.1, 0.15) is 0 Å². The minimum atomic E-state index is 0.0539. The first kappa shape index (κ1) is 14.5. The van der Waals surface area contributed by atoms with E-state index in [-0.39, 0.29) is 5.60 Å². The highest BCUT2D eigenvalue weighted by atomic mass is 16.5. The van der Waals surface area contributed by atoms with Gasteiger partial charge >= 0.3 is 0 Å². The molecule has 0 atom stereocenters. The van der Waals surface area contributed by atoms with Gasteiger partial charge in [0.25, 0.3) is 0 Å². The van der Waals surface area contributed by atoms with Gasteiger partial charge in [-0.25, -0.2) is 0 Å². The van der Waals surface area contributed by atoms with E-state index < -0.39 is 0 Å². The Labute approximate surface area is 117 Å². The minimum Gasteiger partial charge on any atom is -0.369 e. The Hall–Kier alpha value is -0.860. The van der Waals surface area contributed by atoms with E-state index in [9.17, 15) is 0 Å². The van der Waals surface area contributed by atoms with E-state index in [4.69, 9.17) is 4.74 Å². The molecule has 106 valence electrons. The molecule has 0 bridgehead atoms. The molecule has 0 heterocycles. The Morgan fingerprint density at radius 2 is 1.89 bits per heavy atom. The van der Waals surface area contributed by atoms with Crippen molar-refractivity contribution in [2.45, 2.75) is 51.7 Å². The smallest absolute Gasteiger partial charge is 0.0811 e. The average molecular weight is 261 g/mol. The summed E-state index contributed by atoms with van der Waals surface area (Å²) < 4.78 is 6.34. The van der Waals surface area contributed by atoms with Gasteiger partial charge in [-0.15, -0.1) is 0 Å². The van der Waals surface area contributed by atoms with Gasteiger partial charge in [0.05, 0.1) is 12.2 Å². The van der Waals surface area contributed by atoms with Gasteiger partial charge in [0.15, 0.2) is 0 Å². The lowest BCUT2D eigenvalue weighted by Gasteiger charge is -2.39. The predicted octanol–water partition coefficient (Wildman–Crippen LogP) is 3.76. The van der Waals surface area contributed by atoms with Crippen molar-refractivity contribution in [3.05, 3.63) is 35.9 Å². The molecule has 0 amide bonds. The highest BCUT2D eigenvalue weighted by Crippen LogP contribution is 2.35. The van der Waals surface area contributed by atoms with Crippen LogP contribution in [0.25, 0.3) is 0 Å². The molecule has 0 aromatic heterocycles. The molecule has 1 saturated carbocycles. The zero-order valence-electron chi connectivity index (χ0n) is 12.3. The van der Waals surface area contributed by atoms with Crippen molar-refractivity contribution >= 4 is 0 Å². The van der Waals surface area contributed by atoms with E-state index in [1.54, 1.807) is 0 Å². The lowest BCUT2D eigenvalue weighted by atomic mass is 9.79. The normalized spacial score (nSPS) is 27.4. The molecule has 0 saturated heterocycles. The second-order valence-electron chi connectivity index (χ2n) is 5.92. The zero-order valence-corrected chi connectivity index (χ0v) is 12.3. The van der Waals surface area contributed by atoms with Crippen LogP contribution in [0.5, 0.6) is 0 Å². The quantitative estimate of drug-likeness (QED) is 0.842. The van der Waals surface area contributed by atoms with Crippen molar-refractivity contribution in [3.63, 3.8) is 0 Å². The van der Waals surface area contributed by atoms with E-state index in [1.807, 2.05) is 0 Å². The summed E-state index contributed by atoms with van der Waals surface area (Å²) in [5.74, 6) is 0.857. The SMILES string of the molecule is CCNCC1(OCc2ccccc2)CCC(C)CC1. The molecule has 2 heteroatoms. The van der Waals surface area contributed by atoms with Crippen molar-refractivity contribution in [1.29, 1.82) is 0 Å². The fourth-order valence-electron chi connectivity index (χ4n) is 2.82. The van der Waals surface area contributed by atoms with Crippen LogP contribution in [0.1, 0.15) is 45.1 Å². The molecule has 2 nitrogen and oxygen atoms in total. The van der Waals surface area contributed by atoms with Crippen LogP contribution in [0.15, 0.2) is 30.3 Å². The third-order valence-electron chi connectivity index (χ3n) is 4.27. The largest absolute Gasteiger partial charge is 0.369 e. The minimum absolute atomic E-state index is 0.0539. The molecule has 0 spiro atoms. The van der Waals surface area contributed by atoms with Gasteiger partial charge in [0, 0.05) is 6.54 Å². The van der Waals surface area contributed by atoms with Crippen LogP contribution >= 0.6 is 0 Å². The Morgan fingerprint density at radius 1 is 1.21 bits per heavy atom. The summed E-state index contributed by atoms with van der Waals surface area (Å²) in [5, 5.41) is 3.48. The van der Waals surface area contributed by atoms with E-state index >= 15 is 0 Å². The first-order valence-electron chi connectivity index (χ1n) is 7.63. The maximum absolute atomic E-state index is 6.34. The summed E-state index contributed by atoms with van der Waals surface area (Å²) >= 11 is 0. The van der Waals surface area contributed by atoms with Crippen molar-refractivity contribution in [3.8, 4) is 0 Å². The van der Waals surface area contributed by atoms with E-state index in [0.29, 0.717) is 0 Å². The molecule has 1 N–H and O–H groups in total. The van der Waals surface area contributed by atoms with E-state index in [1.165, 1.54) is 31.2 Å². The Balaban J connectivity index is 1.94. The number of hydrogen-bond acceptors (Lipinski definition) is 2. The molecule has 1 aromatic rings. The summed E-state index contributed by atoms with van der Waals surface area (Å²) in [4.78, 5) is 0. The summed E-state index contributed by atoms with van der Waals surface area (Å²) in [6.07, 6.45) is 4.96. The number of likely N-dealkylation sites (N-methyl/N-ethyl adjacent to an activating group) is 1. The molecule has 0 radical (unpaired) electrons. The molecule has 0 unspecified atom stereocenters. The van der Waals surface area contributed by atoms with Crippen LogP contribution in [0.2, 0.25) is 0 Å². The number of hydrogen-bond donors (Lipinski definition) is 1. The third-order valence-corrected chi connectivity index (χ3v) is 4.27. The van der Waals surface area contributed by atoms with Crippen LogP contribution < -0.4 is 5.32 Å². The van der Waals surface area contributed by atoms with Crippen LogP contribution in [-0.4, -0.2) is 18.7 Å². The van der Waals surface area contributed by atoms with Crippen molar-refractivity contribution in [2.75, 3.05) is 13.1 Å². The second kappa shape index (κ2) is 7.06. The number of rotatable bonds is 6. The van der Waals surface area contributed by atoms with Gasteiger partial charge in [-0.2, -0.15) is 0 Å². The molecule has 1 aliphatic rings. The van der Waals surface area contributed by atoms with Gasteiger partial charge in [0.2, 0.25) is 0 Å². The van der Waals surface area contributed by atoms with Crippen LogP contribution in [0.4, 0.5) is 0 Å². The Bertz CT molecular complexity index is 349. The summed E-state index contributed by atoms with van der Waals surface area (Å²) in [6, 6.07) is 10.5. The second-order valence-corrected chi connectivity index (χ2v) is 5.92. The summed E-state index contributed by atoms with van der Waals surface area (Å²) in [5.41, 5.74) is 1.33. The van der Waals surface area contributed by atoms with Gasteiger partial charge < -0.3 is 10.1 Å². The van der Waals surface area contributed by atoms with Gasteiger partial charge in [-0.3, -0.25) is 0 Å². The lowest BCUT2D eigenvalue weighted by Crippen LogP contribution is -2.45. The first-order chi connectivity index (χ1) is 9.24. The fourth-order valence-corrected chi connectivity index (χ4v) is 2.82. The maximum Gasteiger partial charge on any atom is 0.0811 e. The zero-order chi connectivity index (χ0) is 13.6. The molecule has 0 aliphatic heterocycles. The maximum atomic E-state index is 6.34. The van der Waals surface area contributed by atoms with Crippen LogP contribution in [0.3, 0.4) is 0 Å². The first-order valence-corrected chi connectivity index (χ1v) is 7.63. The number of ether oxygens (including phenoxy) is 1. The van der Waals surface area contributed by atoms with E-state index in [0.717, 1.165) is 25.6 Å². The average Bonchev–Trinajstić information content (AvgIpc) is 2.47. The molecule has 2 rings (SSSR count). The number of nitrogens with one attached hydrogen (secondary N) is 1. The molecule has 1 aromatic carbocycles.